The van der Waals surface area contributed by atoms with Crippen LogP contribution in [0.1, 0.15) is 42.5 Å². The van der Waals surface area contributed by atoms with Crippen molar-refractivity contribution >= 4 is 39.1 Å². The summed E-state index contributed by atoms with van der Waals surface area (Å²) in [4.78, 5) is 26.4. The normalized spacial score (nSPS) is 25.0. The van der Waals surface area contributed by atoms with Crippen LogP contribution in [0.2, 0.25) is 0 Å². The molecule has 4 heterocycles. The average molecular weight is 512 g/mol. The van der Waals surface area contributed by atoms with Crippen LogP contribution < -0.4 is 15.8 Å². The van der Waals surface area contributed by atoms with Crippen LogP contribution in [0.3, 0.4) is 0 Å². The standard InChI is InChI=1S/C25H33N7O3S/c1-31-14-16(13-27-31)28-25-29-23(35-18-5-3-17(4-6-18)32-8-10-34-11-9-32)21-19-12-15(22(26)33)2-7-20(19)36-24(21)30-25/h13-15,17-18H,2-12H2,1H3,(H2,26,33)(H,28,29,30)/t15-,17-,18-/m0/s1. The van der Waals surface area contributed by atoms with Crippen LogP contribution in [0.4, 0.5) is 11.6 Å². The molecule has 1 atom stereocenters. The van der Waals surface area contributed by atoms with Gasteiger partial charge in [0, 0.05) is 43.2 Å². The van der Waals surface area contributed by atoms with Crippen LogP contribution in [0, 0.1) is 5.92 Å². The maximum Gasteiger partial charge on any atom is 0.232 e. The Bertz CT molecular complexity index is 1240. The largest absolute Gasteiger partial charge is 0.474 e. The summed E-state index contributed by atoms with van der Waals surface area (Å²) < 4.78 is 13.9. The summed E-state index contributed by atoms with van der Waals surface area (Å²) in [7, 11) is 1.87. The Morgan fingerprint density at radius 3 is 2.72 bits per heavy atom. The highest BCUT2D eigenvalue weighted by Gasteiger charge is 2.32. The molecule has 3 aromatic heterocycles. The molecule has 6 rings (SSSR count). The number of fused-ring (bicyclic) bond motifs is 3. The summed E-state index contributed by atoms with van der Waals surface area (Å²) in [6, 6.07) is 0.604. The Kier molecular flexibility index (Phi) is 6.53. The van der Waals surface area contributed by atoms with Gasteiger partial charge in [-0.05, 0) is 50.5 Å². The fourth-order valence-electron chi connectivity index (χ4n) is 5.77. The second kappa shape index (κ2) is 9.95. The third-order valence-electron chi connectivity index (χ3n) is 7.72. The number of aromatic nitrogens is 4. The Hall–Kier alpha value is -2.76. The average Bonchev–Trinajstić information content (AvgIpc) is 3.47. The number of amides is 1. The number of morpholine rings is 1. The van der Waals surface area contributed by atoms with Crippen LogP contribution in [-0.4, -0.2) is 69.0 Å². The van der Waals surface area contributed by atoms with Gasteiger partial charge >= 0.3 is 0 Å². The number of nitrogens with zero attached hydrogens (tertiary/aromatic N) is 5. The van der Waals surface area contributed by atoms with Crippen molar-refractivity contribution in [1.29, 1.82) is 0 Å². The molecule has 0 aromatic carbocycles. The van der Waals surface area contributed by atoms with Crippen molar-refractivity contribution in [2.24, 2.45) is 18.7 Å². The van der Waals surface area contributed by atoms with Crippen molar-refractivity contribution in [1.82, 2.24) is 24.6 Å². The molecule has 3 aromatic rings. The van der Waals surface area contributed by atoms with Gasteiger partial charge in [-0.2, -0.15) is 10.1 Å². The Morgan fingerprint density at radius 2 is 2.00 bits per heavy atom. The molecule has 3 aliphatic rings. The van der Waals surface area contributed by atoms with Crippen molar-refractivity contribution in [3.8, 4) is 5.88 Å². The molecule has 0 unspecified atom stereocenters. The molecule has 3 N–H and O–H groups in total. The molecule has 0 bridgehead atoms. The van der Waals surface area contributed by atoms with E-state index in [2.05, 4.69) is 15.3 Å². The van der Waals surface area contributed by atoms with Gasteiger partial charge in [0.1, 0.15) is 10.9 Å². The molecular weight excluding hydrogens is 478 g/mol. The SMILES string of the molecule is Cn1cc(Nc2nc(O[C@H]3CC[C@H](N4CCOCC4)CC3)c3c4c(sc3n2)CC[C@H](C(N)=O)C4)cn1. The van der Waals surface area contributed by atoms with Gasteiger partial charge < -0.3 is 20.5 Å². The number of primary amides is 1. The molecule has 1 saturated carbocycles. The molecule has 11 heteroatoms. The quantitative estimate of drug-likeness (QED) is 0.518. The van der Waals surface area contributed by atoms with Gasteiger partial charge in [0.05, 0.1) is 30.5 Å². The van der Waals surface area contributed by atoms with Crippen molar-refractivity contribution < 1.29 is 14.3 Å². The van der Waals surface area contributed by atoms with Crippen LogP contribution in [0.5, 0.6) is 5.88 Å². The summed E-state index contributed by atoms with van der Waals surface area (Å²) in [5.41, 5.74) is 7.64. The van der Waals surface area contributed by atoms with E-state index in [4.69, 9.17) is 25.2 Å². The van der Waals surface area contributed by atoms with Gasteiger partial charge in [-0.3, -0.25) is 14.4 Å². The third kappa shape index (κ3) is 4.79. The molecule has 1 aliphatic heterocycles. The number of hydrogen-bond donors (Lipinski definition) is 2. The number of hydrogen-bond acceptors (Lipinski definition) is 9. The number of anilines is 2. The van der Waals surface area contributed by atoms with E-state index in [0.29, 0.717) is 24.3 Å². The lowest BCUT2D eigenvalue weighted by molar-refractivity contribution is -0.122. The lowest BCUT2D eigenvalue weighted by atomic mass is 9.87. The number of thiophene rings is 1. The van der Waals surface area contributed by atoms with Crippen molar-refractivity contribution in [3.05, 3.63) is 22.8 Å². The Labute approximate surface area is 214 Å². The number of carbonyl (C=O) groups is 1. The van der Waals surface area contributed by atoms with Crippen molar-refractivity contribution in [2.45, 2.75) is 57.1 Å². The van der Waals surface area contributed by atoms with Gasteiger partial charge in [0.2, 0.25) is 17.7 Å². The molecule has 192 valence electrons. The number of carbonyl (C=O) groups excluding carboxylic acids is 1. The zero-order valence-electron chi connectivity index (χ0n) is 20.6. The van der Waals surface area contributed by atoms with Crippen LogP contribution in [-0.2, 0) is 29.4 Å². The lowest BCUT2D eigenvalue weighted by Gasteiger charge is -2.38. The smallest absolute Gasteiger partial charge is 0.232 e. The van der Waals surface area contributed by atoms with E-state index in [0.717, 1.165) is 86.3 Å². The summed E-state index contributed by atoms with van der Waals surface area (Å²) in [6.45, 7) is 3.71. The second-order valence-electron chi connectivity index (χ2n) is 10.1. The molecule has 1 amide bonds. The minimum Gasteiger partial charge on any atom is -0.474 e. The second-order valence-corrected chi connectivity index (χ2v) is 11.2. The Morgan fingerprint density at radius 1 is 1.19 bits per heavy atom. The number of nitrogens with one attached hydrogen (secondary N) is 1. The van der Waals surface area contributed by atoms with E-state index in [1.54, 1.807) is 22.2 Å². The fourth-order valence-corrected chi connectivity index (χ4v) is 6.98. The topological polar surface area (TPSA) is 120 Å². The van der Waals surface area contributed by atoms with Crippen molar-refractivity contribution in [3.63, 3.8) is 0 Å². The van der Waals surface area contributed by atoms with Gasteiger partial charge in [-0.25, -0.2) is 4.98 Å². The van der Waals surface area contributed by atoms with E-state index in [1.807, 2.05) is 13.2 Å². The molecule has 36 heavy (non-hydrogen) atoms. The van der Waals surface area contributed by atoms with E-state index in [9.17, 15) is 4.79 Å². The number of aryl methyl sites for hydroxylation is 2. The van der Waals surface area contributed by atoms with Crippen molar-refractivity contribution in [2.75, 3.05) is 31.6 Å². The number of nitrogens with two attached hydrogens (primary N) is 1. The predicted molar refractivity (Wildman–Crippen MR) is 138 cm³/mol. The van der Waals surface area contributed by atoms with Crippen LogP contribution >= 0.6 is 11.3 Å². The number of rotatable bonds is 6. The monoisotopic (exact) mass is 511 g/mol. The van der Waals surface area contributed by atoms with Gasteiger partial charge in [0.25, 0.3) is 0 Å². The highest BCUT2D eigenvalue weighted by Crippen LogP contribution is 2.42. The molecule has 0 spiro atoms. The fraction of sp³-hybridized carbons (Fsp3) is 0.600. The Balaban J connectivity index is 1.28. The highest BCUT2D eigenvalue weighted by atomic mass is 32.1. The maximum absolute atomic E-state index is 12.0. The first-order valence-electron chi connectivity index (χ1n) is 12.9. The third-order valence-corrected chi connectivity index (χ3v) is 8.90. The van der Waals surface area contributed by atoms with E-state index in [1.165, 1.54) is 4.88 Å². The molecule has 10 nitrogen and oxygen atoms in total. The van der Waals surface area contributed by atoms with Crippen LogP contribution in [0.25, 0.3) is 10.2 Å². The van der Waals surface area contributed by atoms with E-state index >= 15 is 0 Å². The van der Waals surface area contributed by atoms with E-state index in [-0.39, 0.29) is 17.9 Å². The summed E-state index contributed by atoms with van der Waals surface area (Å²) >= 11 is 1.68. The van der Waals surface area contributed by atoms with E-state index < -0.39 is 0 Å². The molecule has 2 fully saturated rings. The highest BCUT2D eigenvalue weighted by molar-refractivity contribution is 7.18. The molecular formula is C25H33N7O3S. The van der Waals surface area contributed by atoms with Gasteiger partial charge in [0.15, 0.2) is 0 Å². The predicted octanol–water partition coefficient (Wildman–Crippen LogP) is 2.78. The zero-order chi connectivity index (χ0) is 24.6. The molecule has 2 aliphatic carbocycles. The van der Waals surface area contributed by atoms with Gasteiger partial charge in [-0.15, -0.1) is 11.3 Å². The van der Waals surface area contributed by atoms with Gasteiger partial charge in [-0.1, -0.05) is 0 Å². The zero-order valence-corrected chi connectivity index (χ0v) is 21.4. The molecule has 1 saturated heterocycles. The first kappa shape index (κ1) is 23.6. The molecule has 0 radical (unpaired) electrons. The minimum absolute atomic E-state index is 0.109. The summed E-state index contributed by atoms with van der Waals surface area (Å²) in [6.07, 6.45) is 10.2. The summed E-state index contributed by atoms with van der Waals surface area (Å²) in [5, 5.41) is 8.46. The lowest BCUT2D eigenvalue weighted by Crippen LogP contribution is -2.46. The number of ether oxygens (including phenoxy) is 2. The summed E-state index contributed by atoms with van der Waals surface area (Å²) in [5.74, 6) is 0.723. The maximum atomic E-state index is 12.0. The minimum atomic E-state index is -0.236. The first-order valence-corrected chi connectivity index (χ1v) is 13.7. The first-order chi connectivity index (χ1) is 17.5. The van der Waals surface area contributed by atoms with Crippen LogP contribution in [0.15, 0.2) is 12.4 Å².